The molecule has 2 aliphatic rings. The standard InChI is InChI=1S/C22H34N2O3Si/c1-22(2,3)28(4,5)27-13-12-16-14-24(15-16)18-8-6-17(7-9-18)19-10-11-20(25)23-21(19)26/h6-9,16,19H,10-15H2,1-5H3,(H,23,25,26). The SMILES string of the molecule is CC(C)(C)[Si](C)(C)OCCC1CN(c2ccc(C3CCC(=O)NC3=O)cc2)C1. The van der Waals surface area contributed by atoms with Crippen LogP contribution in [0.5, 0.6) is 0 Å². The van der Waals surface area contributed by atoms with Crippen LogP contribution in [0.3, 0.4) is 0 Å². The number of amides is 2. The fraction of sp³-hybridized carbons (Fsp3) is 0.636. The van der Waals surface area contributed by atoms with Crippen LogP contribution in [-0.4, -0.2) is 39.8 Å². The van der Waals surface area contributed by atoms with Crippen molar-refractivity contribution in [2.45, 2.75) is 64.1 Å². The Morgan fingerprint density at radius 1 is 1.14 bits per heavy atom. The summed E-state index contributed by atoms with van der Waals surface area (Å²) in [5, 5.41) is 2.70. The highest BCUT2D eigenvalue weighted by molar-refractivity contribution is 6.74. The maximum Gasteiger partial charge on any atom is 0.234 e. The minimum absolute atomic E-state index is 0.165. The molecule has 0 bridgehead atoms. The molecule has 0 aliphatic carbocycles. The van der Waals surface area contributed by atoms with Gasteiger partial charge in [-0.2, -0.15) is 0 Å². The molecular formula is C22H34N2O3Si. The van der Waals surface area contributed by atoms with Crippen molar-refractivity contribution in [1.29, 1.82) is 0 Å². The van der Waals surface area contributed by atoms with Crippen molar-refractivity contribution in [2.75, 3.05) is 24.6 Å². The number of benzene rings is 1. The van der Waals surface area contributed by atoms with Crippen molar-refractivity contribution in [3.63, 3.8) is 0 Å². The Labute approximate surface area is 170 Å². The van der Waals surface area contributed by atoms with Gasteiger partial charge in [-0.05, 0) is 54.6 Å². The van der Waals surface area contributed by atoms with E-state index in [0.29, 0.717) is 18.8 Å². The molecule has 3 rings (SSSR count). The summed E-state index contributed by atoms with van der Waals surface area (Å²) < 4.78 is 6.30. The molecule has 2 saturated heterocycles. The largest absolute Gasteiger partial charge is 0.417 e. The number of nitrogens with zero attached hydrogens (tertiary/aromatic N) is 1. The molecule has 0 saturated carbocycles. The van der Waals surface area contributed by atoms with Crippen LogP contribution >= 0.6 is 0 Å². The third-order valence-corrected chi connectivity index (χ3v) is 11.2. The first-order valence-corrected chi connectivity index (χ1v) is 13.3. The Morgan fingerprint density at radius 3 is 2.36 bits per heavy atom. The van der Waals surface area contributed by atoms with Crippen molar-refractivity contribution in [3.05, 3.63) is 29.8 Å². The molecule has 28 heavy (non-hydrogen) atoms. The van der Waals surface area contributed by atoms with Crippen molar-refractivity contribution in [3.8, 4) is 0 Å². The van der Waals surface area contributed by atoms with E-state index in [0.717, 1.165) is 31.7 Å². The minimum Gasteiger partial charge on any atom is -0.417 e. The van der Waals surface area contributed by atoms with E-state index in [-0.39, 0.29) is 22.8 Å². The van der Waals surface area contributed by atoms with Crippen molar-refractivity contribution in [2.24, 2.45) is 5.92 Å². The molecule has 2 heterocycles. The Bertz CT molecular complexity index is 718. The Morgan fingerprint density at radius 2 is 1.79 bits per heavy atom. The Hall–Kier alpha value is -1.66. The van der Waals surface area contributed by atoms with Gasteiger partial charge in [0.1, 0.15) is 0 Å². The Kier molecular flexibility index (Phi) is 6.01. The third kappa shape index (κ3) is 4.66. The Balaban J connectivity index is 1.45. The summed E-state index contributed by atoms with van der Waals surface area (Å²) in [4.78, 5) is 25.7. The van der Waals surface area contributed by atoms with Gasteiger partial charge >= 0.3 is 0 Å². The zero-order valence-corrected chi connectivity index (χ0v) is 18.9. The number of anilines is 1. The van der Waals surface area contributed by atoms with E-state index in [1.165, 1.54) is 5.69 Å². The molecule has 2 aliphatic heterocycles. The summed E-state index contributed by atoms with van der Waals surface area (Å²) in [6, 6.07) is 8.26. The second-order valence-corrected chi connectivity index (χ2v) is 14.6. The summed E-state index contributed by atoms with van der Waals surface area (Å²) in [6.07, 6.45) is 2.14. The van der Waals surface area contributed by atoms with Crippen molar-refractivity contribution < 1.29 is 14.0 Å². The molecule has 2 fully saturated rings. The van der Waals surface area contributed by atoms with Gasteiger partial charge in [-0.1, -0.05) is 32.9 Å². The maximum atomic E-state index is 12.0. The van der Waals surface area contributed by atoms with Crippen molar-refractivity contribution in [1.82, 2.24) is 5.32 Å². The fourth-order valence-electron chi connectivity index (χ4n) is 3.59. The van der Waals surface area contributed by atoms with Gasteiger partial charge in [0.25, 0.3) is 0 Å². The molecule has 1 aromatic carbocycles. The number of hydrogen-bond donors (Lipinski definition) is 1. The number of piperidine rings is 1. The van der Waals surface area contributed by atoms with Gasteiger partial charge in [-0.25, -0.2) is 0 Å². The van der Waals surface area contributed by atoms with E-state index in [9.17, 15) is 9.59 Å². The van der Waals surface area contributed by atoms with Crippen molar-refractivity contribution >= 4 is 25.8 Å². The van der Waals surface area contributed by atoms with E-state index >= 15 is 0 Å². The highest BCUT2D eigenvalue weighted by Crippen LogP contribution is 2.37. The quantitative estimate of drug-likeness (QED) is 0.576. The third-order valence-electron chi connectivity index (χ3n) is 6.65. The van der Waals surface area contributed by atoms with E-state index in [1.54, 1.807) is 0 Å². The molecule has 1 aromatic rings. The lowest BCUT2D eigenvalue weighted by Crippen LogP contribution is -2.48. The van der Waals surface area contributed by atoms with Gasteiger partial charge in [-0.15, -0.1) is 0 Å². The summed E-state index contributed by atoms with van der Waals surface area (Å²) in [6.45, 7) is 14.5. The second-order valence-electron chi connectivity index (χ2n) is 9.76. The van der Waals surface area contributed by atoms with Crippen LogP contribution in [0.1, 0.15) is 51.5 Å². The van der Waals surface area contributed by atoms with Crippen LogP contribution in [-0.2, 0) is 14.0 Å². The molecule has 154 valence electrons. The summed E-state index contributed by atoms with van der Waals surface area (Å²) >= 11 is 0. The van der Waals surface area contributed by atoms with Gasteiger partial charge in [0.15, 0.2) is 8.32 Å². The topological polar surface area (TPSA) is 58.6 Å². The average Bonchev–Trinajstić information content (AvgIpc) is 2.56. The smallest absolute Gasteiger partial charge is 0.234 e. The molecule has 1 atom stereocenters. The predicted octanol–water partition coefficient (Wildman–Crippen LogP) is 4.05. The van der Waals surface area contributed by atoms with E-state index in [4.69, 9.17) is 4.43 Å². The predicted molar refractivity (Wildman–Crippen MR) is 115 cm³/mol. The average molecular weight is 403 g/mol. The first-order valence-electron chi connectivity index (χ1n) is 10.4. The van der Waals surface area contributed by atoms with Crippen LogP contribution in [0, 0.1) is 5.92 Å². The van der Waals surface area contributed by atoms with Gasteiger partial charge in [-0.3, -0.25) is 14.9 Å². The monoisotopic (exact) mass is 402 g/mol. The highest BCUT2D eigenvalue weighted by atomic mass is 28.4. The van der Waals surface area contributed by atoms with Gasteiger partial charge < -0.3 is 9.33 Å². The molecule has 1 N–H and O–H groups in total. The van der Waals surface area contributed by atoms with Crippen LogP contribution in [0.4, 0.5) is 5.69 Å². The maximum absolute atomic E-state index is 12.0. The first-order chi connectivity index (χ1) is 13.1. The lowest BCUT2D eigenvalue weighted by molar-refractivity contribution is -0.134. The first kappa shape index (κ1) is 21.1. The number of imide groups is 1. The van der Waals surface area contributed by atoms with E-state index in [1.807, 2.05) is 12.1 Å². The van der Waals surface area contributed by atoms with Gasteiger partial charge in [0, 0.05) is 31.8 Å². The van der Waals surface area contributed by atoms with Gasteiger partial charge in [0.05, 0.1) is 5.92 Å². The van der Waals surface area contributed by atoms with E-state index < -0.39 is 8.32 Å². The molecule has 0 spiro atoms. The van der Waals surface area contributed by atoms with Crippen LogP contribution in [0.25, 0.3) is 0 Å². The summed E-state index contributed by atoms with van der Waals surface area (Å²) in [5.74, 6) is 0.153. The molecule has 0 aromatic heterocycles. The van der Waals surface area contributed by atoms with Crippen LogP contribution in [0.15, 0.2) is 24.3 Å². The number of rotatable bonds is 6. The molecule has 1 unspecified atom stereocenters. The fourth-order valence-corrected chi connectivity index (χ4v) is 4.65. The normalized spacial score (nSPS) is 21.5. The zero-order valence-electron chi connectivity index (χ0n) is 17.9. The summed E-state index contributed by atoms with van der Waals surface area (Å²) in [5.41, 5.74) is 2.20. The molecular weight excluding hydrogens is 368 g/mol. The molecule has 6 heteroatoms. The van der Waals surface area contributed by atoms with Crippen LogP contribution < -0.4 is 10.2 Å². The summed E-state index contributed by atoms with van der Waals surface area (Å²) in [7, 11) is -1.64. The van der Waals surface area contributed by atoms with Gasteiger partial charge in [0.2, 0.25) is 11.8 Å². The van der Waals surface area contributed by atoms with E-state index in [2.05, 4.69) is 56.2 Å². The second kappa shape index (κ2) is 7.99. The lowest BCUT2D eigenvalue weighted by Gasteiger charge is -2.42. The number of carbonyl (C=O) groups excluding carboxylic acids is 2. The lowest BCUT2D eigenvalue weighted by atomic mass is 9.90. The highest BCUT2D eigenvalue weighted by Gasteiger charge is 2.37. The molecule has 0 radical (unpaired) electrons. The van der Waals surface area contributed by atoms with Crippen LogP contribution in [0.2, 0.25) is 18.1 Å². The zero-order chi connectivity index (χ0) is 20.5. The molecule has 2 amide bonds. The number of hydrogen-bond acceptors (Lipinski definition) is 4. The molecule has 5 nitrogen and oxygen atoms in total. The number of nitrogens with one attached hydrogen (secondary N) is 1. The number of carbonyl (C=O) groups is 2. The minimum atomic E-state index is -1.64.